The van der Waals surface area contributed by atoms with Gasteiger partial charge < -0.3 is 20.4 Å². The molecule has 0 aromatic heterocycles. The maximum absolute atomic E-state index is 11.9. The summed E-state index contributed by atoms with van der Waals surface area (Å²) in [4.78, 5) is 28.2. The van der Waals surface area contributed by atoms with Crippen molar-refractivity contribution in [1.29, 1.82) is 0 Å². The lowest BCUT2D eigenvalue weighted by atomic mass is 9.46. The molecular formula is C26H36N2O5S. The number of thiol groups is 1. The molecule has 0 saturated heterocycles. The van der Waals surface area contributed by atoms with Gasteiger partial charge in [0.1, 0.15) is 11.6 Å². The highest BCUT2D eigenvalue weighted by atomic mass is 32.1. The van der Waals surface area contributed by atoms with E-state index >= 15 is 0 Å². The molecule has 3 fully saturated rings. The number of hydrogen-bond donors (Lipinski definition) is 4. The second-order valence-electron chi connectivity index (χ2n) is 11.0. The maximum atomic E-state index is 11.9. The van der Waals surface area contributed by atoms with Gasteiger partial charge in [0.05, 0.1) is 5.71 Å². The summed E-state index contributed by atoms with van der Waals surface area (Å²) in [7, 11) is 0. The standard InChI is InChI=1S/C26H36N2O5S/c1-4-26(32)12-9-20-18-6-5-16-13-17(28-33-14-22(29)27-21(15-34)23(30)31)7-10-24(16,2)19(18)8-11-25(20,26)3/h1,13,18-21,32,34H,5-12,14-15H2,2-3H3,(H,27,29)(H,30,31)/b28-17-/t18-,19+,20-,21+,24+,25+,26-/m1/s1. The van der Waals surface area contributed by atoms with E-state index in [2.05, 4.69) is 48.9 Å². The number of aliphatic carboxylic acids is 1. The number of carbonyl (C=O) groups is 2. The van der Waals surface area contributed by atoms with Gasteiger partial charge in [-0.1, -0.05) is 30.5 Å². The third kappa shape index (κ3) is 4.05. The van der Waals surface area contributed by atoms with E-state index in [1.165, 1.54) is 5.57 Å². The maximum Gasteiger partial charge on any atom is 0.327 e. The number of nitrogens with zero attached hydrogens (tertiary/aromatic N) is 1. The first-order chi connectivity index (χ1) is 16.1. The Bertz CT molecular complexity index is 957. The Hall–Kier alpha value is -1.98. The van der Waals surface area contributed by atoms with Gasteiger partial charge in [-0.25, -0.2) is 4.79 Å². The van der Waals surface area contributed by atoms with Crippen molar-refractivity contribution in [1.82, 2.24) is 5.32 Å². The molecule has 4 aliphatic rings. The Labute approximate surface area is 207 Å². The van der Waals surface area contributed by atoms with Gasteiger partial charge in [0.25, 0.3) is 5.91 Å². The number of terminal acetylenes is 1. The number of fused-ring (bicyclic) bond motifs is 5. The van der Waals surface area contributed by atoms with E-state index < -0.39 is 23.5 Å². The summed E-state index contributed by atoms with van der Waals surface area (Å²) in [6.45, 7) is 4.27. The number of rotatable bonds is 6. The molecular weight excluding hydrogens is 452 g/mol. The molecule has 186 valence electrons. The van der Waals surface area contributed by atoms with Gasteiger partial charge in [-0.2, -0.15) is 12.6 Å². The summed E-state index contributed by atoms with van der Waals surface area (Å²) in [6, 6.07) is -1.05. The molecule has 0 unspecified atom stereocenters. The lowest BCUT2D eigenvalue weighted by Gasteiger charge is -2.58. The van der Waals surface area contributed by atoms with Crippen LogP contribution >= 0.6 is 12.6 Å². The van der Waals surface area contributed by atoms with Crippen LogP contribution in [0.4, 0.5) is 0 Å². The Morgan fingerprint density at radius 1 is 1.26 bits per heavy atom. The average molecular weight is 489 g/mol. The van der Waals surface area contributed by atoms with Crippen molar-refractivity contribution >= 4 is 30.2 Å². The molecule has 7 nitrogen and oxygen atoms in total. The van der Waals surface area contributed by atoms with Gasteiger partial charge in [0, 0.05) is 11.2 Å². The first-order valence-corrected chi connectivity index (χ1v) is 12.9. The second-order valence-corrected chi connectivity index (χ2v) is 11.4. The highest BCUT2D eigenvalue weighted by Gasteiger charge is 2.63. The van der Waals surface area contributed by atoms with Crippen LogP contribution in [0, 0.1) is 40.9 Å². The topological polar surface area (TPSA) is 108 Å². The van der Waals surface area contributed by atoms with Gasteiger partial charge >= 0.3 is 5.97 Å². The van der Waals surface area contributed by atoms with Crippen LogP contribution in [-0.4, -0.2) is 51.8 Å². The molecule has 0 heterocycles. The van der Waals surface area contributed by atoms with Crippen molar-refractivity contribution in [3.8, 4) is 12.3 Å². The van der Waals surface area contributed by atoms with Crippen LogP contribution in [0.2, 0.25) is 0 Å². The van der Waals surface area contributed by atoms with Gasteiger partial charge in [-0.15, -0.1) is 6.42 Å². The zero-order valence-electron chi connectivity index (χ0n) is 20.0. The molecule has 0 aromatic rings. The Balaban J connectivity index is 1.42. The number of carboxylic acids is 1. The van der Waals surface area contributed by atoms with Crippen molar-refractivity contribution in [2.45, 2.75) is 76.9 Å². The van der Waals surface area contributed by atoms with Crippen LogP contribution in [0.3, 0.4) is 0 Å². The predicted octanol–water partition coefficient (Wildman–Crippen LogP) is 3.19. The van der Waals surface area contributed by atoms with Crippen LogP contribution < -0.4 is 5.32 Å². The van der Waals surface area contributed by atoms with E-state index in [0.29, 0.717) is 24.2 Å². The molecule has 34 heavy (non-hydrogen) atoms. The number of carbonyl (C=O) groups excluding carboxylic acids is 1. The quantitative estimate of drug-likeness (QED) is 0.261. The van der Waals surface area contributed by atoms with Crippen molar-refractivity contribution in [2.24, 2.45) is 33.7 Å². The molecule has 7 atom stereocenters. The van der Waals surface area contributed by atoms with E-state index in [-0.39, 0.29) is 23.2 Å². The molecule has 0 spiro atoms. The van der Waals surface area contributed by atoms with Crippen LogP contribution in [0.15, 0.2) is 16.8 Å². The number of allylic oxidation sites excluding steroid dienone is 2. The van der Waals surface area contributed by atoms with Crippen molar-refractivity contribution in [3.63, 3.8) is 0 Å². The van der Waals surface area contributed by atoms with Gasteiger partial charge in [-0.05, 0) is 80.6 Å². The van der Waals surface area contributed by atoms with E-state index in [1.54, 1.807) is 0 Å². The van der Waals surface area contributed by atoms with Crippen LogP contribution in [0.5, 0.6) is 0 Å². The molecule has 0 radical (unpaired) electrons. The fourth-order valence-electron chi connectivity index (χ4n) is 7.49. The normalized spacial score (nSPS) is 40.7. The summed E-state index contributed by atoms with van der Waals surface area (Å²) >= 11 is 3.93. The minimum atomic E-state index is -1.13. The molecule has 0 aliphatic heterocycles. The number of amides is 1. The Kier molecular flexibility index (Phi) is 6.82. The fraction of sp³-hybridized carbons (Fsp3) is 0.731. The molecule has 0 aromatic carbocycles. The first-order valence-electron chi connectivity index (χ1n) is 12.3. The molecule has 1 amide bonds. The molecule has 8 heteroatoms. The summed E-state index contributed by atoms with van der Waals surface area (Å²) in [5, 5.41) is 26.7. The fourth-order valence-corrected chi connectivity index (χ4v) is 7.74. The Morgan fingerprint density at radius 3 is 2.68 bits per heavy atom. The molecule has 3 N–H and O–H groups in total. The first kappa shape index (κ1) is 25.1. The van der Waals surface area contributed by atoms with Crippen molar-refractivity contribution in [2.75, 3.05) is 12.4 Å². The lowest BCUT2D eigenvalue weighted by Crippen LogP contribution is -2.54. The van der Waals surface area contributed by atoms with Crippen molar-refractivity contribution < 1.29 is 24.6 Å². The third-order valence-electron chi connectivity index (χ3n) is 9.56. The van der Waals surface area contributed by atoms with E-state index in [1.807, 2.05) is 0 Å². The van der Waals surface area contributed by atoms with Crippen LogP contribution in [-0.2, 0) is 14.4 Å². The number of nitrogens with one attached hydrogen (secondary N) is 1. The zero-order chi connectivity index (χ0) is 24.7. The summed E-state index contributed by atoms with van der Waals surface area (Å²) in [5.41, 5.74) is 1.17. The summed E-state index contributed by atoms with van der Waals surface area (Å²) in [5.74, 6) is 2.71. The second kappa shape index (κ2) is 9.23. The third-order valence-corrected chi connectivity index (χ3v) is 9.93. The SMILES string of the molecule is C#C[C@@]1(O)CC[C@@H]2[C@@H]3CCC4=C/C(=N\OCC(=O)N[C@@H](CS)C(=O)O)CC[C@]4(C)[C@H]3CC[C@@]21C. The lowest BCUT2D eigenvalue weighted by molar-refractivity contribution is -0.141. The highest BCUT2D eigenvalue weighted by molar-refractivity contribution is 7.80. The molecule has 4 aliphatic carbocycles. The van der Waals surface area contributed by atoms with E-state index in [4.69, 9.17) is 16.4 Å². The highest BCUT2D eigenvalue weighted by Crippen LogP contribution is 2.67. The smallest absolute Gasteiger partial charge is 0.327 e. The monoisotopic (exact) mass is 488 g/mol. The molecule has 3 saturated carbocycles. The van der Waals surface area contributed by atoms with Gasteiger partial charge in [-0.3, -0.25) is 4.79 Å². The number of carboxylic acid groups (broad SMARTS) is 1. The Morgan fingerprint density at radius 2 is 2.00 bits per heavy atom. The van der Waals surface area contributed by atoms with Crippen LogP contribution in [0.1, 0.15) is 65.2 Å². The largest absolute Gasteiger partial charge is 0.480 e. The minimum absolute atomic E-state index is 0.00443. The van der Waals surface area contributed by atoms with Gasteiger partial charge in [0.15, 0.2) is 6.61 Å². The predicted molar refractivity (Wildman–Crippen MR) is 132 cm³/mol. The summed E-state index contributed by atoms with van der Waals surface area (Å²) in [6.07, 6.45) is 15.5. The van der Waals surface area contributed by atoms with Gasteiger partial charge in [0.2, 0.25) is 0 Å². The summed E-state index contributed by atoms with van der Waals surface area (Å²) < 4.78 is 0. The molecule has 4 rings (SSSR count). The number of aliphatic hydroxyl groups is 1. The average Bonchev–Trinajstić information content (AvgIpc) is 3.08. The van der Waals surface area contributed by atoms with Crippen molar-refractivity contribution in [3.05, 3.63) is 11.6 Å². The molecule has 0 bridgehead atoms. The van der Waals surface area contributed by atoms with Crippen LogP contribution in [0.25, 0.3) is 0 Å². The van der Waals surface area contributed by atoms with E-state index in [0.717, 1.165) is 50.7 Å². The van der Waals surface area contributed by atoms with E-state index in [9.17, 15) is 14.7 Å². The number of hydrogen-bond acceptors (Lipinski definition) is 6. The zero-order valence-corrected chi connectivity index (χ0v) is 20.9. The minimum Gasteiger partial charge on any atom is -0.480 e. The number of oxime groups is 1.